The van der Waals surface area contributed by atoms with Crippen LogP contribution in [0, 0.1) is 30.3 Å². The molecule has 0 fully saturated rings. The molecule has 1 N–H and O–H groups in total. The Morgan fingerprint density at radius 2 is 1.45 bits per heavy atom. The topological polar surface area (TPSA) is 197 Å². The highest BCUT2D eigenvalue weighted by atomic mass is 32.2. The van der Waals surface area contributed by atoms with Crippen molar-refractivity contribution in [3.63, 3.8) is 0 Å². The van der Waals surface area contributed by atoms with Crippen molar-refractivity contribution in [1.29, 1.82) is 0 Å². The minimum atomic E-state index is -4.41. The molecule has 14 nitrogen and oxygen atoms in total. The van der Waals surface area contributed by atoms with Crippen molar-refractivity contribution < 1.29 is 27.4 Å². The first kappa shape index (κ1) is 25.6. The molecule has 0 saturated heterocycles. The van der Waals surface area contributed by atoms with E-state index in [2.05, 4.69) is 10.5 Å². The van der Waals surface area contributed by atoms with Gasteiger partial charge in [0.15, 0.2) is 5.75 Å². The van der Waals surface area contributed by atoms with Crippen LogP contribution in [-0.4, -0.2) is 29.4 Å². The molecule has 0 saturated carbocycles. The Morgan fingerprint density at radius 1 is 0.789 bits per heavy atom. The molecule has 0 aliphatic carbocycles. The number of anilines is 1. The van der Waals surface area contributed by atoms with Gasteiger partial charge in [0, 0.05) is 23.8 Å². The molecular formula is C23H15N5O9S. The Bertz CT molecular complexity index is 1720. The number of nitro benzene ring substituents is 3. The SMILES string of the molecule is O=[N+]([O-])c1ccc(S(=O)(=O)Oc2ccc3ccccc3c2/C=N/Nc2ccc([N+](=O)[O-])cc2[N+](=O)[O-])cc1. The third-order valence-corrected chi connectivity index (χ3v) is 6.48. The van der Waals surface area contributed by atoms with E-state index in [1.807, 2.05) is 0 Å². The van der Waals surface area contributed by atoms with Crippen LogP contribution in [0.25, 0.3) is 10.8 Å². The van der Waals surface area contributed by atoms with Crippen molar-refractivity contribution in [2.24, 2.45) is 5.10 Å². The summed E-state index contributed by atoms with van der Waals surface area (Å²) in [5, 5.41) is 38.4. The van der Waals surface area contributed by atoms with Gasteiger partial charge in [-0.3, -0.25) is 35.8 Å². The van der Waals surface area contributed by atoms with Crippen LogP contribution in [0.4, 0.5) is 22.7 Å². The number of non-ortho nitro benzene ring substituents is 2. The van der Waals surface area contributed by atoms with Gasteiger partial charge in [0.1, 0.15) is 10.6 Å². The number of rotatable bonds is 9. The molecule has 0 spiro atoms. The Hall–Kier alpha value is -5.44. The summed E-state index contributed by atoms with van der Waals surface area (Å²) in [6.07, 6.45) is 1.19. The van der Waals surface area contributed by atoms with Gasteiger partial charge in [-0.1, -0.05) is 30.3 Å². The van der Waals surface area contributed by atoms with Gasteiger partial charge in [-0.15, -0.1) is 0 Å². The Morgan fingerprint density at radius 3 is 2.11 bits per heavy atom. The van der Waals surface area contributed by atoms with E-state index in [9.17, 15) is 38.8 Å². The van der Waals surface area contributed by atoms with E-state index in [-0.39, 0.29) is 27.6 Å². The van der Waals surface area contributed by atoms with Crippen molar-refractivity contribution in [3.8, 4) is 5.75 Å². The maximum absolute atomic E-state index is 12.9. The molecule has 38 heavy (non-hydrogen) atoms. The van der Waals surface area contributed by atoms with E-state index >= 15 is 0 Å². The first-order valence-electron chi connectivity index (χ1n) is 10.5. The molecule has 0 radical (unpaired) electrons. The maximum atomic E-state index is 12.9. The van der Waals surface area contributed by atoms with E-state index in [4.69, 9.17) is 4.18 Å². The fraction of sp³-hybridized carbons (Fsp3) is 0. The molecule has 15 heteroatoms. The number of fused-ring (bicyclic) bond motifs is 1. The molecular weight excluding hydrogens is 522 g/mol. The van der Waals surface area contributed by atoms with Crippen LogP contribution in [0.5, 0.6) is 5.75 Å². The lowest BCUT2D eigenvalue weighted by atomic mass is 10.0. The predicted molar refractivity (Wildman–Crippen MR) is 136 cm³/mol. The van der Waals surface area contributed by atoms with E-state index in [0.29, 0.717) is 10.8 Å². The van der Waals surface area contributed by atoms with Gasteiger partial charge in [0.05, 0.1) is 27.1 Å². The second kappa shape index (κ2) is 10.3. The maximum Gasteiger partial charge on any atom is 0.339 e. The molecule has 4 aromatic rings. The van der Waals surface area contributed by atoms with Gasteiger partial charge < -0.3 is 4.18 Å². The molecule has 0 aromatic heterocycles. The lowest BCUT2D eigenvalue weighted by Gasteiger charge is -2.12. The number of hydrogen-bond acceptors (Lipinski definition) is 11. The van der Waals surface area contributed by atoms with Crippen LogP contribution in [0.15, 0.2) is 88.9 Å². The Balaban J connectivity index is 1.71. The first-order chi connectivity index (χ1) is 18.1. The number of benzene rings is 4. The number of nitro groups is 3. The van der Waals surface area contributed by atoms with Crippen LogP contribution in [0.1, 0.15) is 5.56 Å². The average molecular weight is 537 g/mol. The van der Waals surface area contributed by atoms with E-state index < -0.39 is 36.3 Å². The summed E-state index contributed by atoms with van der Waals surface area (Å²) >= 11 is 0. The normalized spacial score (nSPS) is 11.4. The van der Waals surface area contributed by atoms with Gasteiger partial charge in [0.25, 0.3) is 11.4 Å². The molecule has 0 heterocycles. The molecule has 0 aliphatic rings. The number of nitrogens with zero attached hydrogens (tertiary/aromatic N) is 4. The predicted octanol–water partition coefficient (Wildman–Crippen LogP) is 4.78. The summed E-state index contributed by atoms with van der Waals surface area (Å²) in [6.45, 7) is 0. The van der Waals surface area contributed by atoms with Gasteiger partial charge in [0.2, 0.25) is 0 Å². The number of hydrogen-bond donors (Lipinski definition) is 1. The molecule has 0 unspecified atom stereocenters. The van der Waals surface area contributed by atoms with Gasteiger partial charge in [-0.2, -0.15) is 13.5 Å². The lowest BCUT2D eigenvalue weighted by Crippen LogP contribution is -2.11. The number of hydrazone groups is 1. The van der Waals surface area contributed by atoms with Gasteiger partial charge in [-0.25, -0.2) is 0 Å². The summed E-state index contributed by atoms with van der Waals surface area (Å²) in [5.74, 6) is -0.134. The monoisotopic (exact) mass is 537 g/mol. The summed E-state index contributed by atoms with van der Waals surface area (Å²) in [4.78, 5) is 30.6. The average Bonchev–Trinajstić information content (AvgIpc) is 2.89. The summed E-state index contributed by atoms with van der Waals surface area (Å²) < 4.78 is 31.1. The fourth-order valence-corrected chi connectivity index (χ4v) is 4.38. The zero-order valence-electron chi connectivity index (χ0n) is 19.0. The van der Waals surface area contributed by atoms with E-state index in [1.54, 1.807) is 30.3 Å². The highest BCUT2D eigenvalue weighted by molar-refractivity contribution is 7.87. The van der Waals surface area contributed by atoms with Crippen LogP contribution in [-0.2, 0) is 10.1 Å². The van der Waals surface area contributed by atoms with Gasteiger partial charge in [-0.05, 0) is 35.0 Å². The zero-order chi connectivity index (χ0) is 27.4. The Kier molecular flexibility index (Phi) is 6.93. The zero-order valence-corrected chi connectivity index (χ0v) is 19.8. The molecule has 0 amide bonds. The van der Waals surface area contributed by atoms with Crippen molar-refractivity contribution in [2.45, 2.75) is 4.90 Å². The second-order valence-corrected chi connectivity index (χ2v) is 9.12. The van der Waals surface area contributed by atoms with Gasteiger partial charge >= 0.3 is 15.8 Å². The second-order valence-electron chi connectivity index (χ2n) is 7.57. The number of nitrogens with one attached hydrogen (secondary N) is 1. The Labute approximate surface area is 213 Å². The van der Waals surface area contributed by atoms with E-state index in [0.717, 1.165) is 42.5 Å². The van der Waals surface area contributed by atoms with Crippen molar-refractivity contribution in [3.05, 3.63) is 115 Å². The summed E-state index contributed by atoms with van der Waals surface area (Å²) in [6, 6.07) is 17.0. The fourth-order valence-electron chi connectivity index (χ4n) is 3.43. The van der Waals surface area contributed by atoms with Crippen molar-refractivity contribution >= 4 is 49.9 Å². The van der Waals surface area contributed by atoms with Crippen LogP contribution in [0.3, 0.4) is 0 Å². The molecule has 4 aromatic carbocycles. The summed E-state index contributed by atoms with van der Waals surface area (Å²) in [7, 11) is -4.41. The van der Waals surface area contributed by atoms with Crippen LogP contribution < -0.4 is 9.61 Å². The first-order valence-corrected chi connectivity index (χ1v) is 11.9. The molecule has 4 rings (SSSR count). The molecule has 0 atom stereocenters. The smallest absolute Gasteiger partial charge is 0.339 e. The van der Waals surface area contributed by atoms with Crippen molar-refractivity contribution in [1.82, 2.24) is 0 Å². The standard InChI is InChI=1S/C23H15N5O9S/c29-26(30)16-6-9-18(10-7-16)38(35,36)37-23-12-5-15-3-1-2-4-19(15)20(23)14-24-25-21-11-8-17(27(31)32)13-22(21)28(33)34/h1-14,25H/b24-14+. The quantitative estimate of drug-likeness (QED) is 0.134. The lowest BCUT2D eigenvalue weighted by molar-refractivity contribution is -0.393. The van der Waals surface area contributed by atoms with Crippen LogP contribution in [0.2, 0.25) is 0 Å². The van der Waals surface area contributed by atoms with Crippen molar-refractivity contribution in [2.75, 3.05) is 5.43 Å². The minimum absolute atomic E-state index is 0.134. The third kappa shape index (κ3) is 5.36. The van der Waals surface area contributed by atoms with Crippen LogP contribution >= 0.6 is 0 Å². The largest absolute Gasteiger partial charge is 0.378 e. The summed E-state index contributed by atoms with van der Waals surface area (Å²) in [5.41, 5.74) is 1.14. The molecule has 0 bridgehead atoms. The van der Waals surface area contributed by atoms with E-state index in [1.165, 1.54) is 12.3 Å². The minimum Gasteiger partial charge on any atom is -0.378 e. The highest BCUT2D eigenvalue weighted by Gasteiger charge is 2.22. The molecule has 0 aliphatic heterocycles. The highest BCUT2D eigenvalue weighted by Crippen LogP contribution is 2.31. The third-order valence-electron chi connectivity index (χ3n) is 5.23. The molecule has 192 valence electrons.